The van der Waals surface area contributed by atoms with E-state index < -0.39 is 10.0 Å². The van der Waals surface area contributed by atoms with Crippen LogP contribution in [0.3, 0.4) is 0 Å². The molecule has 0 unspecified atom stereocenters. The van der Waals surface area contributed by atoms with Gasteiger partial charge in [0.2, 0.25) is 10.0 Å². The molecule has 2 aromatic rings. The van der Waals surface area contributed by atoms with Crippen LogP contribution in [0.25, 0.3) is 0 Å². The van der Waals surface area contributed by atoms with Gasteiger partial charge in [-0.1, -0.05) is 6.07 Å². The molecule has 0 saturated carbocycles. The molecule has 2 aliphatic rings. The lowest BCUT2D eigenvalue weighted by molar-refractivity contribution is 0.0782. The molecule has 1 aromatic carbocycles. The van der Waals surface area contributed by atoms with E-state index in [1.54, 1.807) is 35.3 Å². The average Bonchev–Trinajstić information content (AvgIpc) is 3.38. The van der Waals surface area contributed by atoms with Gasteiger partial charge in [0.1, 0.15) is 0 Å². The van der Waals surface area contributed by atoms with Crippen LogP contribution in [0.2, 0.25) is 0 Å². The molecule has 8 nitrogen and oxygen atoms in total. The zero-order chi connectivity index (χ0) is 18.9. The van der Waals surface area contributed by atoms with Gasteiger partial charge in [0.15, 0.2) is 0 Å². The summed E-state index contributed by atoms with van der Waals surface area (Å²) in [6.45, 7) is 3.09. The molecule has 2 atom stereocenters. The minimum atomic E-state index is -3.68. The predicted octanol–water partition coefficient (Wildman–Crippen LogP) is 0.296. The number of nitrogens with one attached hydrogen (secondary N) is 2. The van der Waals surface area contributed by atoms with Gasteiger partial charge in [-0.15, -0.1) is 0 Å². The third kappa shape index (κ3) is 3.90. The number of amides is 1. The summed E-state index contributed by atoms with van der Waals surface area (Å²) in [7, 11) is -3.68. The minimum absolute atomic E-state index is 0.103. The molecule has 1 aromatic heterocycles. The summed E-state index contributed by atoms with van der Waals surface area (Å²) >= 11 is 0. The third-order valence-corrected chi connectivity index (χ3v) is 6.69. The first-order valence-corrected chi connectivity index (χ1v) is 10.6. The van der Waals surface area contributed by atoms with Crippen molar-refractivity contribution in [3.8, 4) is 0 Å². The molecule has 1 amide bonds. The summed E-state index contributed by atoms with van der Waals surface area (Å²) in [5, 5.41) is 7.46. The fourth-order valence-corrected chi connectivity index (χ4v) is 4.87. The van der Waals surface area contributed by atoms with E-state index in [2.05, 4.69) is 15.1 Å². The highest BCUT2D eigenvalue weighted by Crippen LogP contribution is 2.26. The number of hydrogen-bond acceptors (Lipinski definition) is 5. The number of nitrogens with zero attached hydrogens (tertiary/aromatic N) is 3. The monoisotopic (exact) mass is 389 g/mol. The van der Waals surface area contributed by atoms with Crippen LogP contribution in [0.5, 0.6) is 0 Å². The quantitative estimate of drug-likeness (QED) is 0.741. The number of rotatable bonds is 6. The normalized spacial score (nSPS) is 22.1. The Morgan fingerprint density at radius 2 is 2.19 bits per heavy atom. The Labute approximate surface area is 158 Å². The molecule has 0 bridgehead atoms. The maximum atomic E-state index is 12.8. The lowest BCUT2D eigenvalue weighted by atomic mass is 10.1. The number of aromatic nitrogens is 2. The van der Waals surface area contributed by atoms with E-state index in [9.17, 15) is 13.2 Å². The summed E-state index contributed by atoms with van der Waals surface area (Å²) in [5.41, 5.74) is 0.407. The molecule has 3 heterocycles. The molecule has 9 heteroatoms. The molecule has 2 N–H and O–H groups in total. The Bertz CT molecular complexity index is 901. The SMILES string of the molecule is O=C(c1cccc(S(=O)(=O)NCCn2cccn2)c1)N1C[C@@H]2CCN[C@@H]2C1. The van der Waals surface area contributed by atoms with Gasteiger partial charge in [0.05, 0.1) is 11.4 Å². The van der Waals surface area contributed by atoms with Gasteiger partial charge in [-0.3, -0.25) is 9.48 Å². The van der Waals surface area contributed by atoms with E-state index in [0.29, 0.717) is 30.6 Å². The Hall–Kier alpha value is -2.23. The molecule has 2 aliphatic heterocycles. The van der Waals surface area contributed by atoms with Crippen molar-refractivity contribution in [1.82, 2.24) is 24.7 Å². The summed E-state index contributed by atoms with van der Waals surface area (Å²) in [4.78, 5) is 14.7. The number of likely N-dealkylation sites (tertiary alicyclic amines) is 1. The highest BCUT2D eigenvalue weighted by Gasteiger charge is 2.38. The van der Waals surface area contributed by atoms with Crippen molar-refractivity contribution in [2.75, 3.05) is 26.2 Å². The Balaban J connectivity index is 1.42. The van der Waals surface area contributed by atoms with Gasteiger partial charge in [0.25, 0.3) is 5.91 Å². The maximum Gasteiger partial charge on any atom is 0.253 e. The smallest absolute Gasteiger partial charge is 0.253 e. The molecule has 2 fully saturated rings. The summed E-state index contributed by atoms with van der Waals surface area (Å²) in [6, 6.07) is 8.40. The van der Waals surface area contributed by atoms with Crippen molar-refractivity contribution < 1.29 is 13.2 Å². The fourth-order valence-electron chi connectivity index (χ4n) is 3.80. The van der Waals surface area contributed by atoms with Crippen LogP contribution >= 0.6 is 0 Å². The third-order valence-electron chi connectivity index (χ3n) is 5.23. The van der Waals surface area contributed by atoms with E-state index in [1.165, 1.54) is 12.1 Å². The molecule has 144 valence electrons. The lowest BCUT2D eigenvalue weighted by Crippen LogP contribution is -2.34. The minimum Gasteiger partial charge on any atom is -0.337 e. The van der Waals surface area contributed by atoms with Gasteiger partial charge in [0, 0.05) is 43.6 Å². The zero-order valence-corrected chi connectivity index (χ0v) is 15.7. The van der Waals surface area contributed by atoms with E-state index in [1.807, 2.05) is 4.90 Å². The van der Waals surface area contributed by atoms with Crippen molar-refractivity contribution in [2.24, 2.45) is 5.92 Å². The van der Waals surface area contributed by atoms with Crippen molar-refractivity contribution in [3.63, 3.8) is 0 Å². The van der Waals surface area contributed by atoms with E-state index in [-0.39, 0.29) is 17.3 Å². The molecule has 0 radical (unpaired) electrons. The second kappa shape index (κ2) is 7.41. The molecular formula is C18H23N5O3S. The van der Waals surface area contributed by atoms with Crippen LogP contribution in [0.4, 0.5) is 0 Å². The number of carbonyl (C=O) groups is 1. The highest BCUT2D eigenvalue weighted by atomic mass is 32.2. The highest BCUT2D eigenvalue weighted by molar-refractivity contribution is 7.89. The second-order valence-corrected chi connectivity index (χ2v) is 8.78. The summed E-state index contributed by atoms with van der Waals surface area (Å²) in [6.07, 6.45) is 4.50. The lowest BCUT2D eigenvalue weighted by Gasteiger charge is -2.18. The standard InChI is InChI=1S/C18H23N5O3S/c24-18(22-12-15-5-7-19-17(15)13-22)14-3-1-4-16(11-14)27(25,26)21-8-10-23-9-2-6-20-23/h1-4,6,9,11,15,17,19,21H,5,7-8,10,12-13H2/t15-,17+/m0/s1. The Morgan fingerprint density at radius 3 is 2.96 bits per heavy atom. The van der Waals surface area contributed by atoms with E-state index in [0.717, 1.165) is 19.5 Å². The van der Waals surface area contributed by atoms with Gasteiger partial charge in [-0.25, -0.2) is 13.1 Å². The van der Waals surface area contributed by atoms with Crippen LogP contribution in [0.15, 0.2) is 47.6 Å². The van der Waals surface area contributed by atoms with Gasteiger partial charge in [-0.05, 0) is 43.1 Å². The number of hydrogen-bond donors (Lipinski definition) is 2. The van der Waals surface area contributed by atoms with Crippen LogP contribution in [0.1, 0.15) is 16.8 Å². The molecule has 0 spiro atoms. The molecular weight excluding hydrogens is 366 g/mol. The number of fused-ring (bicyclic) bond motifs is 1. The number of benzene rings is 1. The van der Waals surface area contributed by atoms with Gasteiger partial charge < -0.3 is 10.2 Å². The Morgan fingerprint density at radius 1 is 1.30 bits per heavy atom. The molecule has 2 saturated heterocycles. The zero-order valence-electron chi connectivity index (χ0n) is 14.9. The molecule has 0 aliphatic carbocycles. The van der Waals surface area contributed by atoms with Crippen molar-refractivity contribution in [1.29, 1.82) is 0 Å². The van der Waals surface area contributed by atoms with Crippen molar-refractivity contribution in [3.05, 3.63) is 48.3 Å². The fraction of sp³-hybridized carbons (Fsp3) is 0.444. The van der Waals surface area contributed by atoms with Crippen molar-refractivity contribution >= 4 is 15.9 Å². The van der Waals surface area contributed by atoms with Crippen LogP contribution < -0.4 is 10.0 Å². The number of carbonyl (C=O) groups excluding carboxylic acids is 1. The van der Waals surface area contributed by atoms with Crippen molar-refractivity contribution in [2.45, 2.75) is 23.9 Å². The largest absolute Gasteiger partial charge is 0.337 e. The topological polar surface area (TPSA) is 96.3 Å². The van der Waals surface area contributed by atoms with E-state index >= 15 is 0 Å². The van der Waals surface area contributed by atoms with Crippen LogP contribution in [-0.4, -0.2) is 61.2 Å². The summed E-state index contributed by atoms with van der Waals surface area (Å²) < 4.78 is 29.3. The number of sulfonamides is 1. The predicted molar refractivity (Wildman–Crippen MR) is 99.7 cm³/mol. The van der Waals surface area contributed by atoms with Crippen LogP contribution in [0, 0.1) is 5.92 Å². The molecule has 4 rings (SSSR count). The summed E-state index contributed by atoms with van der Waals surface area (Å²) in [5.74, 6) is 0.393. The van der Waals surface area contributed by atoms with Gasteiger partial charge >= 0.3 is 0 Å². The molecule has 27 heavy (non-hydrogen) atoms. The van der Waals surface area contributed by atoms with Crippen LogP contribution in [-0.2, 0) is 16.6 Å². The van der Waals surface area contributed by atoms with E-state index in [4.69, 9.17) is 0 Å². The maximum absolute atomic E-state index is 12.8. The average molecular weight is 389 g/mol. The van der Waals surface area contributed by atoms with Gasteiger partial charge in [-0.2, -0.15) is 5.10 Å². The first kappa shape index (κ1) is 18.1. The Kier molecular flexibility index (Phi) is 4.98. The first-order chi connectivity index (χ1) is 13.0. The second-order valence-electron chi connectivity index (χ2n) is 7.01. The first-order valence-electron chi connectivity index (χ1n) is 9.13.